The van der Waals surface area contributed by atoms with Gasteiger partial charge in [-0.25, -0.2) is 8.42 Å². The van der Waals surface area contributed by atoms with Crippen molar-refractivity contribution in [1.82, 2.24) is 5.32 Å². The molecule has 0 aliphatic heterocycles. The van der Waals surface area contributed by atoms with E-state index in [4.69, 9.17) is 5.73 Å². The molecule has 1 aromatic rings. The highest BCUT2D eigenvalue weighted by Gasteiger charge is 2.14. The summed E-state index contributed by atoms with van der Waals surface area (Å²) in [6.07, 6.45) is 1.42. The van der Waals surface area contributed by atoms with Gasteiger partial charge in [-0.1, -0.05) is 0 Å². The van der Waals surface area contributed by atoms with Gasteiger partial charge in [-0.3, -0.25) is 14.9 Å². The summed E-state index contributed by atoms with van der Waals surface area (Å²) in [5, 5.41) is 13.1. The van der Waals surface area contributed by atoms with Crippen LogP contribution in [0.2, 0.25) is 0 Å². The van der Waals surface area contributed by atoms with Crippen molar-refractivity contribution in [3.63, 3.8) is 0 Å². The van der Waals surface area contributed by atoms with E-state index in [1.54, 1.807) is 0 Å². The van der Waals surface area contributed by atoms with E-state index < -0.39 is 20.7 Å². The van der Waals surface area contributed by atoms with Crippen molar-refractivity contribution in [3.8, 4) is 0 Å². The molecule has 3 N–H and O–H groups in total. The SMILES string of the molecule is CS(=O)(=O)CCCNC(=O)c1ccc([N+](=O)[O-])c(N)c1. The molecule has 0 aliphatic carbocycles. The monoisotopic (exact) mass is 301 g/mol. The first-order valence-electron chi connectivity index (χ1n) is 5.70. The molecule has 1 rings (SSSR count). The standard InChI is InChI=1S/C11H15N3O5S/c1-20(18,19)6-2-5-13-11(15)8-3-4-10(14(16)17)9(12)7-8/h3-4,7H,2,5-6,12H2,1H3,(H,13,15). The van der Waals surface area contributed by atoms with Crippen LogP contribution in [0.1, 0.15) is 16.8 Å². The summed E-state index contributed by atoms with van der Waals surface area (Å²) in [6.45, 7) is 0.197. The van der Waals surface area contributed by atoms with Crippen LogP contribution in [0.5, 0.6) is 0 Å². The first kappa shape index (κ1) is 15.9. The van der Waals surface area contributed by atoms with E-state index in [-0.39, 0.29) is 29.2 Å². The summed E-state index contributed by atoms with van der Waals surface area (Å²) >= 11 is 0. The Morgan fingerprint density at radius 3 is 2.60 bits per heavy atom. The minimum Gasteiger partial charge on any atom is -0.393 e. The molecule has 8 nitrogen and oxygen atoms in total. The number of nitrogens with two attached hydrogens (primary N) is 1. The van der Waals surface area contributed by atoms with Crippen LogP contribution in [0.15, 0.2) is 18.2 Å². The Balaban J connectivity index is 2.60. The first-order valence-corrected chi connectivity index (χ1v) is 7.76. The van der Waals surface area contributed by atoms with E-state index in [1.807, 2.05) is 0 Å². The number of nitro groups is 1. The lowest BCUT2D eigenvalue weighted by Crippen LogP contribution is -2.26. The minimum absolute atomic E-state index is 0.0182. The molecule has 0 heterocycles. The van der Waals surface area contributed by atoms with Crippen LogP contribution < -0.4 is 11.1 Å². The molecule has 0 bridgehead atoms. The van der Waals surface area contributed by atoms with Crippen LogP contribution >= 0.6 is 0 Å². The van der Waals surface area contributed by atoms with E-state index in [1.165, 1.54) is 12.1 Å². The average Bonchev–Trinajstić information content (AvgIpc) is 2.32. The molecule has 1 aromatic carbocycles. The highest BCUT2D eigenvalue weighted by molar-refractivity contribution is 7.90. The number of nitrogens with one attached hydrogen (secondary N) is 1. The highest BCUT2D eigenvalue weighted by atomic mass is 32.2. The first-order chi connectivity index (χ1) is 9.20. The zero-order chi connectivity index (χ0) is 15.3. The molecule has 0 unspecified atom stereocenters. The third kappa shape index (κ3) is 4.84. The molecule has 0 aliphatic rings. The van der Waals surface area contributed by atoms with Gasteiger partial charge in [0, 0.05) is 24.4 Å². The van der Waals surface area contributed by atoms with Crippen molar-refractivity contribution in [3.05, 3.63) is 33.9 Å². The molecular formula is C11H15N3O5S. The second-order valence-corrected chi connectivity index (χ2v) is 6.53. The molecule has 0 saturated carbocycles. The number of anilines is 1. The number of hydrogen-bond acceptors (Lipinski definition) is 6. The maximum atomic E-state index is 11.7. The number of amides is 1. The number of carbonyl (C=O) groups excluding carboxylic acids is 1. The normalized spacial score (nSPS) is 11.1. The van der Waals surface area contributed by atoms with Crippen molar-refractivity contribution in [1.29, 1.82) is 0 Å². The fraction of sp³-hybridized carbons (Fsp3) is 0.364. The van der Waals surface area contributed by atoms with Gasteiger partial charge in [-0.2, -0.15) is 0 Å². The zero-order valence-corrected chi connectivity index (χ0v) is 11.6. The molecule has 0 saturated heterocycles. The summed E-state index contributed by atoms with van der Waals surface area (Å²) in [7, 11) is -3.05. The molecule has 0 aromatic heterocycles. The van der Waals surface area contributed by atoms with Gasteiger partial charge in [0.15, 0.2) is 0 Å². The Labute approximate surface area is 116 Å². The van der Waals surface area contributed by atoms with Gasteiger partial charge in [-0.05, 0) is 18.6 Å². The molecule has 20 heavy (non-hydrogen) atoms. The Hall–Kier alpha value is -2.16. The molecule has 0 radical (unpaired) electrons. The third-order valence-corrected chi connectivity index (χ3v) is 3.49. The van der Waals surface area contributed by atoms with Gasteiger partial charge in [-0.15, -0.1) is 0 Å². The van der Waals surface area contributed by atoms with Crippen LogP contribution in [-0.2, 0) is 9.84 Å². The summed E-state index contributed by atoms with van der Waals surface area (Å²) in [5.74, 6) is -0.476. The molecule has 0 spiro atoms. The van der Waals surface area contributed by atoms with E-state index in [9.17, 15) is 23.3 Å². The number of sulfone groups is 1. The second kappa shape index (κ2) is 6.33. The second-order valence-electron chi connectivity index (χ2n) is 4.27. The number of rotatable bonds is 6. The molecule has 9 heteroatoms. The number of carbonyl (C=O) groups is 1. The van der Waals surface area contributed by atoms with Crippen molar-refractivity contribution < 1.29 is 18.1 Å². The van der Waals surface area contributed by atoms with Gasteiger partial charge in [0.1, 0.15) is 15.5 Å². The van der Waals surface area contributed by atoms with E-state index in [0.717, 1.165) is 12.3 Å². The van der Waals surface area contributed by atoms with Crippen molar-refractivity contribution in [2.24, 2.45) is 0 Å². The fourth-order valence-corrected chi connectivity index (χ4v) is 2.17. The van der Waals surface area contributed by atoms with Gasteiger partial charge in [0.25, 0.3) is 11.6 Å². The van der Waals surface area contributed by atoms with E-state index in [2.05, 4.69) is 5.32 Å². The topological polar surface area (TPSA) is 132 Å². The van der Waals surface area contributed by atoms with Crippen LogP contribution in [0, 0.1) is 10.1 Å². The predicted octanol–water partition coefficient (Wildman–Crippen LogP) is 0.342. The molecular weight excluding hydrogens is 286 g/mol. The molecule has 110 valence electrons. The van der Waals surface area contributed by atoms with E-state index in [0.29, 0.717) is 6.42 Å². The minimum atomic E-state index is -3.05. The van der Waals surface area contributed by atoms with Crippen molar-refractivity contribution in [2.75, 3.05) is 24.3 Å². The Bertz CT molecular complexity index is 627. The lowest BCUT2D eigenvalue weighted by molar-refractivity contribution is -0.383. The quantitative estimate of drug-likeness (QED) is 0.337. The van der Waals surface area contributed by atoms with Gasteiger partial charge in [0.05, 0.1) is 10.7 Å². The highest BCUT2D eigenvalue weighted by Crippen LogP contribution is 2.21. The Morgan fingerprint density at radius 2 is 2.10 bits per heavy atom. The van der Waals surface area contributed by atoms with Gasteiger partial charge < -0.3 is 11.1 Å². The number of nitrogens with zero attached hydrogens (tertiary/aromatic N) is 1. The number of hydrogen-bond donors (Lipinski definition) is 2. The molecule has 0 atom stereocenters. The van der Waals surface area contributed by atoms with Gasteiger partial charge in [0.2, 0.25) is 0 Å². The van der Waals surface area contributed by atoms with Crippen LogP contribution in [-0.4, -0.2) is 37.8 Å². The van der Waals surface area contributed by atoms with Crippen molar-refractivity contribution >= 4 is 27.1 Å². The Morgan fingerprint density at radius 1 is 1.45 bits per heavy atom. The fourth-order valence-electron chi connectivity index (χ4n) is 1.50. The number of nitrogen functional groups attached to an aromatic ring is 1. The predicted molar refractivity (Wildman–Crippen MR) is 74.2 cm³/mol. The smallest absolute Gasteiger partial charge is 0.292 e. The maximum Gasteiger partial charge on any atom is 0.292 e. The number of nitro benzene ring substituents is 1. The van der Waals surface area contributed by atoms with Crippen LogP contribution in [0.4, 0.5) is 11.4 Å². The average molecular weight is 301 g/mol. The zero-order valence-electron chi connectivity index (χ0n) is 10.8. The summed E-state index contributed by atoms with van der Waals surface area (Å²) in [6, 6.07) is 3.66. The van der Waals surface area contributed by atoms with Gasteiger partial charge >= 0.3 is 0 Å². The molecule has 1 amide bonds. The summed E-state index contributed by atoms with van der Waals surface area (Å²) < 4.78 is 21.8. The largest absolute Gasteiger partial charge is 0.393 e. The summed E-state index contributed by atoms with van der Waals surface area (Å²) in [5.41, 5.74) is 5.29. The van der Waals surface area contributed by atoms with Crippen LogP contribution in [0.25, 0.3) is 0 Å². The lowest BCUT2D eigenvalue weighted by atomic mass is 10.1. The molecule has 0 fully saturated rings. The maximum absolute atomic E-state index is 11.7. The number of benzene rings is 1. The Kier molecular flexibility index (Phi) is 5.03. The summed E-state index contributed by atoms with van der Waals surface area (Å²) in [4.78, 5) is 21.7. The van der Waals surface area contributed by atoms with Crippen molar-refractivity contribution in [2.45, 2.75) is 6.42 Å². The van der Waals surface area contributed by atoms with E-state index >= 15 is 0 Å². The van der Waals surface area contributed by atoms with Crippen LogP contribution in [0.3, 0.4) is 0 Å². The third-order valence-electron chi connectivity index (χ3n) is 2.46. The lowest BCUT2D eigenvalue weighted by Gasteiger charge is -2.05.